The molecule has 2 aromatic heterocycles. The predicted molar refractivity (Wildman–Crippen MR) is 46.2 cm³/mol. The molecule has 2 heterocycles. The van der Waals surface area contributed by atoms with E-state index < -0.39 is 22.0 Å². The van der Waals surface area contributed by atoms with Crippen LogP contribution in [0.1, 0.15) is 0 Å². The van der Waals surface area contributed by atoms with Crippen LogP contribution in [0.5, 0.6) is 0 Å². The van der Waals surface area contributed by atoms with Crippen molar-refractivity contribution >= 4 is 11.2 Å². The summed E-state index contributed by atoms with van der Waals surface area (Å²) in [6.45, 7) is 0. The summed E-state index contributed by atoms with van der Waals surface area (Å²) < 4.78 is -0.230. The first-order valence-corrected chi connectivity index (χ1v) is 3.62. The van der Waals surface area contributed by atoms with Crippen molar-refractivity contribution in [1.29, 1.82) is 0 Å². The molecule has 10 heteroatoms. The zero-order valence-electron chi connectivity index (χ0n) is 6.94. The molecule has 78 valence electrons. The van der Waals surface area contributed by atoms with Crippen LogP contribution < -0.4 is 16.9 Å². The molecule has 2 aromatic rings. The number of hydrogen-bond donors (Lipinski definition) is 3. The molecule has 0 bridgehead atoms. The van der Waals surface area contributed by atoms with Crippen LogP contribution in [0.4, 0.5) is 0 Å². The van der Waals surface area contributed by atoms with Crippen molar-refractivity contribution < 1.29 is 5.03 Å². The number of imidazole rings is 1. The van der Waals surface area contributed by atoms with E-state index in [0.717, 1.165) is 0 Å². The maximum Gasteiger partial charge on any atom is 0.391 e. The topological polar surface area (TPSA) is 147 Å². The quantitative estimate of drug-likeness (QED) is 0.361. The van der Waals surface area contributed by atoms with Gasteiger partial charge in [-0.15, -0.1) is 0 Å². The van der Waals surface area contributed by atoms with Gasteiger partial charge in [0.25, 0.3) is 0 Å². The molecule has 0 aliphatic heterocycles. The number of nitrogens with zero attached hydrogens (tertiary/aromatic N) is 2. The van der Waals surface area contributed by atoms with E-state index in [-0.39, 0.29) is 15.8 Å². The van der Waals surface area contributed by atoms with Crippen molar-refractivity contribution in [3.63, 3.8) is 0 Å². The molecule has 0 fully saturated rings. The average molecular weight is 213 g/mol. The van der Waals surface area contributed by atoms with E-state index in [1.165, 1.54) is 0 Å². The Morgan fingerprint density at radius 2 is 1.80 bits per heavy atom. The Labute approximate surface area is 78.3 Å². The first kappa shape index (κ1) is 8.93. The highest BCUT2D eigenvalue weighted by molar-refractivity contribution is 5.67. The fraction of sp³-hybridized carbons (Fsp3) is 0. The van der Waals surface area contributed by atoms with E-state index in [0.29, 0.717) is 0 Å². The largest absolute Gasteiger partial charge is 0.391 e. The SMILES string of the molecule is O=c1[nH]c2[nH]c(=O)n([N+](=O)[O-])c(=O)c2[nH]1. The first-order valence-electron chi connectivity index (χ1n) is 3.62. The summed E-state index contributed by atoms with van der Waals surface area (Å²) in [5.74, 6) is 0. The molecule has 0 aliphatic carbocycles. The Morgan fingerprint density at radius 1 is 1.13 bits per heavy atom. The van der Waals surface area contributed by atoms with Crippen molar-refractivity contribution in [3.8, 4) is 0 Å². The van der Waals surface area contributed by atoms with E-state index in [1.54, 1.807) is 0 Å². The molecule has 0 atom stereocenters. The lowest BCUT2D eigenvalue weighted by Crippen LogP contribution is -2.39. The van der Waals surface area contributed by atoms with Gasteiger partial charge in [-0.25, -0.2) is 19.7 Å². The number of aromatic amines is 3. The summed E-state index contributed by atoms with van der Waals surface area (Å²) in [7, 11) is 0. The second-order valence-electron chi connectivity index (χ2n) is 2.61. The molecule has 0 aliphatic rings. The van der Waals surface area contributed by atoms with Gasteiger partial charge in [-0.2, -0.15) is 0 Å². The van der Waals surface area contributed by atoms with Crippen LogP contribution in [-0.2, 0) is 0 Å². The lowest BCUT2D eigenvalue weighted by Gasteiger charge is -1.91. The number of fused-ring (bicyclic) bond motifs is 1. The molecule has 0 aromatic carbocycles. The minimum atomic E-state index is -1.23. The normalized spacial score (nSPS) is 10.7. The number of hydrogen-bond acceptors (Lipinski definition) is 5. The molecule has 3 N–H and O–H groups in total. The smallest absolute Gasteiger partial charge is 0.300 e. The molecular formula is C5H3N5O5. The van der Waals surface area contributed by atoms with Crippen molar-refractivity contribution in [1.82, 2.24) is 19.6 Å². The fourth-order valence-electron chi connectivity index (χ4n) is 1.14. The summed E-state index contributed by atoms with van der Waals surface area (Å²) in [5.41, 5.74) is -3.69. The van der Waals surface area contributed by atoms with E-state index in [1.807, 2.05) is 9.97 Å². The summed E-state index contributed by atoms with van der Waals surface area (Å²) in [6, 6.07) is 0. The van der Waals surface area contributed by atoms with Crippen LogP contribution in [0.2, 0.25) is 0 Å². The van der Waals surface area contributed by atoms with Gasteiger partial charge in [0.1, 0.15) is 5.65 Å². The molecule has 0 saturated heterocycles. The summed E-state index contributed by atoms with van der Waals surface area (Å²) >= 11 is 0. The summed E-state index contributed by atoms with van der Waals surface area (Å²) in [5, 5.41) is 9.16. The van der Waals surface area contributed by atoms with E-state index >= 15 is 0 Å². The Morgan fingerprint density at radius 3 is 2.40 bits per heavy atom. The average Bonchev–Trinajstić information content (AvgIpc) is 2.45. The zero-order valence-corrected chi connectivity index (χ0v) is 6.94. The second-order valence-corrected chi connectivity index (χ2v) is 2.61. The van der Waals surface area contributed by atoms with Gasteiger partial charge in [0.15, 0.2) is 10.5 Å². The molecular weight excluding hydrogens is 210 g/mol. The third kappa shape index (κ3) is 1.15. The van der Waals surface area contributed by atoms with Gasteiger partial charge in [-0.05, 0) is 0 Å². The number of aromatic nitrogens is 4. The molecule has 15 heavy (non-hydrogen) atoms. The maximum atomic E-state index is 11.3. The molecule has 0 spiro atoms. The Balaban J connectivity index is 3.09. The number of nitrogens with one attached hydrogen (secondary N) is 3. The molecule has 0 unspecified atom stereocenters. The number of nitro groups is 1. The third-order valence-corrected chi connectivity index (χ3v) is 1.72. The molecule has 2 rings (SSSR count). The first-order chi connectivity index (χ1) is 7.00. The lowest BCUT2D eigenvalue weighted by atomic mass is 10.5. The monoisotopic (exact) mass is 213 g/mol. The highest BCUT2D eigenvalue weighted by Gasteiger charge is 2.17. The van der Waals surface area contributed by atoms with E-state index in [9.17, 15) is 24.5 Å². The predicted octanol–water partition coefficient (Wildman–Crippen LogP) is -2.25. The minimum Gasteiger partial charge on any atom is -0.300 e. The molecule has 0 amide bonds. The molecule has 0 saturated carbocycles. The van der Waals surface area contributed by atoms with E-state index in [2.05, 4.69) is 4.98 Å². The Hall–Kier alpha value is -2.65. The van der Waals surface area contributed by atoms with E-state index in [4.69, 9.17) is 0 Å². The minimum absolute atomic E-state index is 0.173. The van der Waals surface area contributed by atoms with Crippen molar-refractivity contribution in [2.75, 3.05) is 0 Å². The number of H-pyrrole nitrogens is 3. The van der Waals surface area contributed by atoms with Gasteiger partial charge in [0, 0.05) is 4.68 Å². The van der Waals surface area contributed by atoms with Crippen molar-refractivity contribution in [2.45, 2.75) is 0 Å². The second kappa shape index (κ2) is 2.67. The number of rotatable bonds is 1. The van der Waals surface area contributed by atoms with Gasteiger partial charge in [-0.1, -0.05) is 0 Å². The highest BCUT2D eigenvalue weighted by Crippen LogP contribution is 1.91. The lowest BCUT2D eigenvalue weighted by molar-refractivity contribution is -0.548. The van der Waals surface area contributed by atoms with Gasteiger partial charge >= 0.3 is 16.9 Å². The fourth-order valence-corrected chi connectivity index (χ4v) is 1.14. The van der Waals surface area contributed by atoms with Crippen LogP contribution in [0.25, 0.3) is 11.2 Å². The van der Waals surface area contributed by atoms with Crippen LogP contribution in [0.15, 0.2) is 14.4 Å². The maximum absolute atomic E-state index is 11.3. The standard InChI is InChI=1S/C5H3N5O5/c11-3-1-2(7-4(12)6-1)8-5(13)9(3)10(14)15/h(H,8,13)(H2,6,7,12). The summed E-state index contributed by atoms with van der Waals surface area (Å²) in [6.07, 6.45) is 0. The van der Waals surface area contributed by atoms with Gasteiger partial charge in [0.05, 0.1) is 0 Å². The van der Waals surface area contributed by atoms with Crippen molar-refractivity contribution in [3.05, 3.63) is 41.4 Å². The Bertz CT molecular complexity index is 714. The van der Waals surface area contributed by atoms with Crippen LogP contribution in [-0.4, -0.2) is 24.7 Å². The van der Waals surface area contributed by atoms with Gasteiger partial charge < -0.3 is 0 Å². The zero-order chi connectivity index (χ0) is 11.2. The van der Waals surface area contributed by atoms with Gasteiger partial charge in [0.2, 0.25) is 0 Å². The molecule has 10 nitrogen and oxygen atoms in total. The Kier molecular flexibility index (Phi) is 1.59. The highest BCUT2D eigenvalue weighted by atomic mass is 16.7. The van der Waals surface area contributed by atoms with Crippen molar-refractivity contribution in [2.24, 2.45) is 0 Å². The molecule has 0 radical (unpaired) electrons. The van der Waals surface area contributed by atoms with Gasteiger partial charge in [-0.3, -0.25) is 19.7 Å². The summed E-state index contributed by atoms with van der Waals surface area (Å²) in [4.78, 5) is 49.6. The van der Waals surface area contributed by atoms with Crippen LogP contribution >= 0.6 is 0 Å². The van der Waals surface area contributed by atoms with Crippen LogP contribution in [0.3, 0.4) is 0 Å². The van der Waals surface area contributed by atoms with Crippen LogP contribution in [0, 0.1) is 10.1 Å². The third-order valence-electron chi connectivity index (χ3n) is 1.72.